The molecule has 2 N–H and O–H groups in total. The molecule has 4 heteroatoms. The summed E-state index contributed by atoms with van der Waals surface area (Å²) in [5, 5.41) is 0.777. The fourth-order valence-electron chi connectivity index (χ4n) is 3.07. The van der Waals surface area contributed by atoms with E-state index in [1.807, 2.05) is 18.2 Å². The third-order valence-electron chi connectivity index (χ3n) is 3.96. The van der Waals surface area contributed by atoms with Gasteiger partial charge in [-0.25, -0.2) is 4.98 Å². The highest BCUT2D eigenvalue weighted by molar-refractivity contribution is 6.35. The van der Waals surface area contributed by atoms with Crippen molar-refractivity contribution in [2.45, 2.75) is 44.7 Å². The second-order valence-electron chi connectivity index (χ2n) is 5.02. The van der Waals surface area contributed by atoms with Gasteiger partial charge >= 0.3 is 0 Å². The van der Waals surface area contributed by atoms with Crippen molar-refractivity contribution in [3.05, 3.63) is 29.0 Å². The van der Waals surface area contributed by atoms with Gasteiger partial charge in [-0.2, -0.15) is 0 Å². The molecule has 1 aliphatic rings. The molecule has 1 aliphatic carbocycles. The Morgan fingerprint density at radius 1 is 1.44 bits per heavy atom. The van der Waals surface area contributed by atoms with Crippen molar-refractivity contribution in [2.24, 2.45) is 5.73 Å². The van der Waals surface area contributed by atoms with E-state index < -0.39 is 0 Å². The summed E-state index contributed by atoms with van der Waals surface area (Å²) in [4.78, 5) is 4.78. The second kappa shape index (κ2) is 4.56. The van der Waals surface area contributed by atoms with Crippen LogP contribution in [0, 0.1) is 0 Å². The van der Waals surface area contributed by atoms with Gasteiger partial charge in [0.15, 0.2) is 0 Å². The zero-order valence-electron chi connectivity index (χ0n) is 10.6. The Morgan fingerprint density at radius 2 is 2.28 bits per heavy atom. The highest BCUT2D eigenvalue weighted by Gasteiger charge is 2.30. The summed E-state index contributed by atoms with van der Waals surface area (Å²) in [5.74, 6) is 1.50. The Kier molecular flexibility index (Phi) is 3.04. The van der Waals surface area contributed by atoms with E-state index in [-0.39, 0.29) is 6.04 Å². The van der Waals surface area contributed by atoms with E-state index in [0.29, 0.717) is 5.92 Å². The Labute approximate surface area is 112 Å². The molecule has 0 amide bonds. The zero-order chi connectivity index (χ0) is 12.7. The summed E-state index contributed by atoms with van der Waals surface area (Å²) in [5.41, 5.74) is 8.24. The molecule has 0 saturated heterocycles. The third kappa shape index (κ3) is 1.73. The van der Waals surface area contributed by atoms with Gasteiger partial charge in [0.1, 0.15) is 5.82 Å². The van der Waals surface area contributed by atoms with Gasteiger partial charge in [0.2, 0.25) is 0 Å². The monoisotopic (exact) mass is 263 g/mol. The number of imidazole rings is 1. The first-order chi connectivity index (χ1) is 8.72. The van der Waals surface area contributed by atoms with E-state index in [2.05, 4.69) is 11.5 Å². The molecular formula is C14H18ClN3. The number of fused-ring (bicyclic) bond motifs is 1. The summed E-state index contributed by atoms with van der Waals surface area (Å²) >= 11 is 6.31. The van der Waals surface area contributed by atoms with Crippen LogP contribution < -0.4 is 5.73 Å². The summed E-state index contributed by atoms with van der Waals surface area (Å²) in [6.07, 6.45) is 3.44. The standard InChI is InChI=1S/C14H18ClN3/c1-2-18-13-10(15)6-4-8-12(13)17-14(18)9-5-3-7-11(9)16/h4,6,8-9,11H,2-3,5,7,16H2,1H3. The maximum atomic E-state index is 6.31. The molecule has 1 heterocycles. The topological polar surface area (TPSA) is 43.8 Å². The van der Waals surface area contributed by atoms with E-state index in [9.17, 15) is 0 Å². The van der Waals surface area contributed by atoms with Gasteiger partial charge in [0, 0.05) is 18.5 Å². The Morgan fingerprint density at radius 3 is 2.94 bits per heavy atom. The Balaban J connectivity index is 2.20. The van der Waals surface area contributed by atoms with Crippen LogP contribution in [0.25, 0.3) is 11.0 Å². The number of aryl methyl sites for hydroxylation is 1. The van der Waals surface area contributed by atoms with E-state index in [4.69, 9.17) is 22.3 Å². The van der Waals surface area contributed by atoms with Crippen molar-refractivity contribution in [2.75, 3.05) is 0 Å². The van der Waals surface area contributed by atoms with Gasteiger partial charge in [-0.1, -0.05) is 24.1 Å². The van der Waals surface area contributed by atoms with Gasteiger partial charge in [-0.05, 0) is 31.9 Å². The molecule has 3 nitrogen and oxygen atoms in total. The molecule has 2 aromatic rings. The highest BCUT2D eigenvalue weighted by atomic mass is 35.5. The lowest BCUT2D eigenvalue weighted by molar-refractivity contribution is 0.550. The molecule has 3 rings (SSSR count). The normalized spacial score (nSPS) is 23.9. The lowest BCUT2D eigenvalue weighted by Gasteiger charge is -2.16. The Hall–Kier alpha value is -1.06. The minimum Gasteiger partial charge on any atom is -0.327 e. The van der Waals surface area contributed by atoms with Gasteiger partial charge in [0.25, 0.3) is 0 Å². The minimum absolute atomic E-state index is 0.242. The number of nitrogens with zero attached hydrogens (tertiary/aromatic N) is 2. The van der Waals surface area contributed by atoms with Crippen LogP contribution in [-0.4, -0.2) is 15.6 Å². The summed E-state index contributed by atoms with van der Waals surface area (Å²) in [6.45, 7) is 3.02. The highest BCUT2D eigenvalue weighted by Crippen LogP contribution is 2.35. The summed E-state index contributed by atoms with van der Waals surface area (Å²) < 4.78 is 2.23. The first-order valence-electron chi connectivity index (χ1n) is 6.62. The quantitative estimate of drug-likeness (QED) is 0.903. The minimum atomic E-state index is 0.242. The maximum absolute atomic E-state index is 6.31. The van der Waals surface area contributed by atoms with Crippen molar-refractivity contribution in [3.8, 4) is 0 Å². The molecule has 0 aliphatic heterocycles. The molecule has 2 unspecified atom stereocenters. The van der Waals surface area contributed by atoms with Gasteiger partial charge < -0.3 is 10.3 Å². The number of hydrogen-bond acceptors (Lipinski definition) is 2. The third-order valence-corrected chi connectivity index (χ3v) is 4.27. The maximum Gasteiger partial charge on any atom is 0.114 e. The van der Waals surface area contributed by atoms with Crippen LogP contribution in [0.15, 0.2) is 18.2 Å². The van der Waals surface area contributed by atoms with E-state index >= 15 is 0 Å². The van der Waals surface area contributed by atoms with Gasteiger partial charge in [-0.15, -0.1) is 0 Å². The second-order valence-corrected chi connectivity index (χ2v) is 5.43. The number of halogens is 1. The zero-order valence-corrected chi connectivity index (χ0v) is 11.3. The smallest absolute Gasteiger partial charge is 0.114 e. The fourth-order valence-corrected chi connectivity index (χ4v) is 3.34. The van der Waals surface area contributed by atoms with Crippen LogP contribution in [0.1, 0.15) is 37.9 Å². The lowest BCUT2D eigenvalue weighted by Crippen LogP contribution is -2.25. The van der Waals surface area contributed by atoms with Crippen molar-refractivity contribution in [1.82, 2.24) is 9.55 Å². The van der Waals surface area contributed by atoms with Crippen molar-refractivity contribution >= 4 is 22.6 Å². The predicted octanol–water partition coefficient (Wildman–Crippen LogP) is 3.30. The predicted molar refractivity (Wildman–Crippen MR) is 75.0 cm³/mol. The van der Waals surface area contributed by atoms with Gasteiger partial charge in [-0.3, -0.25) is 0 Å². The number of hydrogen-bond donors (Lipinski definition) is 1. The molecule has 1 aromatic heterocycles. The average Bonchev–Trinajstić information content (AvgIpc) is 2.92. The lowest BCUT2D eigenvalue weighted by atomic mass is 10.0. The fraction of sp³-hybridized carbons (Fsp3) is 0.500. The molecular weight excluding hydrogens is 246 g/mol. The largest absolute Gasteiger partial charge is 0.327 e. The number of nitrogens with two attached hydrogens (primary N) is 1. The number of benzene rings is 1. The van der Waals surface area contributed by atoms with Gasteiger partial charge in [0.05, 0.1) is 16.1 Å². The van der Waals surface area contributed by atoms with Crippen molar-refractivity contribution in [3.63, 3.8) is 0 Å². The Bertz CT molecular complexity index is 576. The van der Waals surface area contributed by atoms with Crippen LogP contribution in [0.2, 0.25) is 5.02 Å². The SMILES string of the molecule is CCn1c(C2CCCC2N)nc2cccc(Cl)c21. The molecule has 1 fully saturated rings. The van der Waals surface area contributed by atoms with E-state index in [1.54, 1.807) is 0 Å². The molecule has 1 saturated carbocycles. The summed E-state index contributed by atoms with van der Waals surface area (Å²) in [7, 11) is 0. The molecule has 0 radical (unpaired) electrons. The molecule has 0 spiro atoms. The van der Waals surface area contributed by atoms with Crippen LogP contribution in [0.3, 0.4) is 0 Å². The number of rotatable bonds is 2. The van der Waals surface area contributed by atoms with Crippen molar-refractivity contribution in [1.29, 1.82) is 0 Å². The molecule has 96 valence electrons. The average molecular weight is 264 g/mol. The van der Waals surface area contributed by atoms with Crippen LogP contribution in [-0.2, 0) is 6.54 Å². The van der Waals surface area contributed by atoms with Crippen LogP contribution in [0.5, 0.6) is 0 Å². The first kappa shape index (κ1) is 12.0. The van der Waals surface area contributed by atoms with Crippen molar-refractivity contribution < 1.29 is 0 Å². The first-order valence-corrected chi connectivity index (χ1v) is 7.00. The number of para-hydroxylation sites is 1. The van der Waals surface area contributed by atoms with E-state index in [0.717, 1.165) is 41.3 Å². The van der Waals surface area contributed by atoms with Crippen LogP contribution in [0.4, 0.5) is 0 Å². The van der Waals surface area contributed by atoms with Crippen LogP contribution >= 0.6 is 11.6 Å². The number of aromatic nitrogens is 2. The summed E-state index contributed by atoms with van der Waals surface area (Å²) in [6, 6.07) is 6.15. The molecule has 1 aromatic carbocycles. The van der Waals surface area contributed by atoms with E-state index in [1.165, 1.54) is 6.42 Å². The molecule has 0 bridgehead atoms. The molecule has 18 heavy (non-hydrogen) atoms. The molecule has 2 atom stereocenters.